The molecule has 1 aliphatic rings. The molecule has 2 amide bonds. The summed E-state index contributed by atoms with van der Waals surface area (Å²) in [5, 5.41) is 12.4. The van der Waals surface area contributed by atoms with Crippen molar-refractivity contribution in [2.24, 2.45) is 0 Å². The van der Waals surface area contributed by atoms with Crippen molar-refractivity contribution in [1.29, 1.82) is 0 Å². The largest absolute Gasteiger partial charge is 0.445 e. The molecule has 0 aliphatic carbocycles. The Bertz CT molecular complexity index is 585. The number of benzene rings is 1. The third-order valence-corrected chi connectivity index (χ3v) is 3.88. The topological polar surface area (TPSA) is 88.1 Å². The van der Waals surface area contributed by atoms with Crippen LogP contribution in [0.15, 0.2) is 30.3 Å². The number of rotatable bonds is 4. The predicted octanol–water partition coefficient (Wildman–Crippen LogP) is 2.28. The van der Waals surface area contributed by atoms with Crippen LogP contribution >= 0.6 is 0 Å². The summed E-state index contributed by atoms with van der Waals surface area (Å²) in [6.07, 6.45) is -0.530. The van der Waals surface area contributed by atoms with Crippen molar-refractivity contribution in [1.82, 2.24) is 10.2 Å². The zero-order chi connectivity index (χ0) is 18.4. The molecule has 7 heteroatoms. The van der Waals surface area contributed by atoms with Gasteiger partial charge in [0.1, 0.15) is 12.2 Å². The number of aliphatic hydroxyl groups excluding tert-OH is 1. The van der Waals surface area contributed by atoms with Gasteiger partial charge in [0.25, 0.3) is 0 Å². The quantitative estimate of drug-likeness (QED) is 0.870. The first-order valence-corrected chi connectivity index (χ1v) is 8.38. The molecule has 0 radical (unpaired) electrons. The number of nitrogens with one attached hydrogen (secondary N) is 1. The van der Waals surface area contributed by atoms with E-state index in [-0.39, 0.29) is 19.3 Å². The second kappa shape index (κ2) is 8.20. The molecule has 138 valence electrons. The molecular formula is C18H26N2O5. The molecule has 2 N–H and O–H groups in total. The molecular weight excluding hydrogens is 324 g/mol. The molecule has 0 unspecified atom stereocenters. The van der Waals surface area contributed by atoms with E-state index in [9.17, 15) is 14.7 Å². The van der Waals surface area contributed by atoms with Gasteiger partial charge < -0.3 is 24.8 Å². The lowest BCUT2D eigenvalue weighted by atomic mass is 10.1. The monoisotopic (exact) mass is 350 g/mol. The van der Waals surface area contributed by atoms with E-state index in [0.717, 1.165) is 5.56 Å². The van der Waals surface area contributed by atoms with E-state index in [1.165, 1.54) is 4.90 Å². The van der Waals surface area contributed by atoms with Gasteiger partial charge in [-0.25, -0.2) is 9.59 Å². The van der Waals surface area contributed by atoms with Crippen LogP contribution in [-0.2, 0) is 16.1 Å². The van der Waals surface area contributed by atoms with Crippen LogP contribution in [0.1, 0.15) is 32.8 Å². The Morgan fingerprint density at radius 3 is 2.56 bits per heavy atom. The Morgan fingerprint density at radius 1 is 1.28 bits per heavy atom. The van der Waals surface area contributed by atoms with Crippen molar-refractivity contribution in [3.8, 4) is 0 Å². The average Bonchev–Trinajstić information content (AvgIpc) is 2.95. The van der Waals surface area contributed by atoms with E-state index in [4.69, 9.17) is 9.47 Å². The van der Waals surface area contributed by atoms with E-state index in [1.54, 1.807) is 20.8 Å². The summed E-state index contributed by atoms with van der Waals surface area (Å²) < 4.78 is 10.5. The van der Waals surface area contributed by atoms with Crippen molar-refractivity contribution >= 4 is 12.2 Å². The van der Waals surface area contributed by atoms with Gasteiger partial charge in [-0.1, -0.05) is 30.3 Å². The fraction of sp³-hybridized carbons (Fsp3) is 0.556. The molecule has 0 spiro atoms. The average molecular weight is 350 g/mol. The van der Waals surface area contributed by atoms with E-state index in [2.05, 4.69) is 5.32 Å². The smallest absolute Gasteiger partial charge is 0.410 e. The van der Waals surface area contributed by atoms with Crippen molar-refractivity contribution in [2.45, 2.75) is 51.5 Å². The second-order valence-corrected chi connectivity index (χ2v) is 7.02. The minimum absolute atomic E-state index is 0.166. The lowest BCUT2D eigenvalue weighted by Gasteiger charge is -2.29. The first kappa shape index (κ1) is 19.1. The van der Waals surface area contributed by atoms with Crippen LogP contribution < -0.4 is 5.32 Å². The Hall–Kier alpha value is -2.28. The molecule has 1 aromatic carbocycles. The summed E-state index contributed by atoms with van der Waals surface area (Å²) in [6, 6.07) is 8.45. The number of alkyl carbamates (subject to hydrolysis) is 1. The molecule has 1 aromatic rings. The Labute approximate surface area is 147 Å². The Kier molecular flexibility index (Phi) is 6.25. The highest BCUT2D eigenvalue weighted by atomic mass is 16.6. The highest BCUT2D eigenvalue weighted by Gasteiger charge is 2.39. The first-order valence-electron chi connectivity index (χ1n) is 8.38. The van der Waals surface area contributed by atoms with Crippen LogP contribution in [0.5, 0.6) is 0 Å². The molecule has 1 saturated heterocycles. The minimum Gasteiger partial charge on any atom is -0.445 e. The molecule has 0 bridgehead atoms. The van der Waals surface area contributed by atoms with Gasteiger partial charge in [0, 0.05) is 6.54 Å². The fourth-order valence-electron chi connectivity index (χ4n) is 2.71. The van der Waals surface area contributed by atoms with E-state index in [0.29, 0.717) is 13.0 Å². The van der Waals surface area contributed by atoms with Gasteiger partial charge in [0.05, 0.1) is 18.7 Å². The number of hydrogen-bond acceptors (Lipinski definition) is 5. The zero-order valence-corrected chi connectivity index (χ0v) is 14.9. The van der Waals surface area contributed by atoms with Gasteiger partial charge in [-0.05, 0) is 32.8 Å². The molecule has 7 nitrogen and oxygen atoms in total. The van der Waals surface area contributed by atoms with Crippen LogP contribution in [-0.4, -0.2) is 53.0 Å². The minimum atomic E-state index is -0.614. The second-order valence-electron chi connectivity index (χ2n) is 7.02. The van der Waals surface area contributed by atoms with Crippen LogP contribution in [0, 0.1) is 0 Å². The van der Waals surface area contributed by atoms with Crippen LogP contribution in [0.25, 0.3) is 0 Å². The first-order chi connectivity index (χ1) is 11.8. The van der Waals surface area contributed by atoms with E-state index >= 15 is 0 Å². The summed E-state index contributed by atoms with van der Waals surface area (Å²) >= 11 is 0. The summed E-state index contributed by atoms with van der Waals surface area (Å²) in [4.78, 5) is 25.7. The summed E-state index contributed by atoms with van der Waals surface area (Å²) in [5.74, 6) is 0. The van der Waals surface area contributed by atoms with Gasteiger partial charge in [0.2, 0.25) is 0 Å². The van der Waals surface area contributed by atoms with Crippen LogP contribution in [0.3, 0.4) is 0 Å². The number of hydrogen-bond donors (Lipinski definition) is 2. The molecule has 2 rings (SSSR count). The van der Waals surface area contributed by atoms with Gasteiger partial charge in [-0.2, -0.15) is 0 Å². The summed E-state index contributed by atoms with van der Waals surface area (Å²) in [7, 11) is 0. The van der Waals surface area contributed by atoms with Crippen molar-refractivity contribution < 1.29 is 24.2 Å². The number of carbonyl (C=O) groups is 2. The standard InChI is InChI=1S/C18H26N2O5/c1-18(2,3)25-17(23)20-10-9-14(15(20)11-21)19-16(22)24-12-13-7-5-4-6-8-13/h4-8,14-15,21H,9-12H2,1-3H3,(H,19,22)/t14-,15-/m1/s1. The normalized spacial score (nSPS) is 20.2. The summed E-state index contributed by atoms with van der Waals surface area (Å²) in [5.41, 5.74) is 0.273. The van der Waals surface area contributed by atoms with Gasteiger partial charge in [-0.15, -0.1) is 0 Å². The zero-order valence-electron chi connectivity index (χ0n) is 14.9. The van der Waals surface area contributed by atoms with Crippen molar-refractivity contribution in [3.05, 3.63) is 35.9 Å². The molecule has 1 heterocycles. The van der Waals surface area contributed by atoms with Crippen LogP contribution in [0.4, 0.5) is 9.59 Å². The lowest BCUT2D eigenvalue weighted by molar-refractivity contribution is 0.0157. The lowest BCUT2D eigenvalue weighted by Crippen LogP contribution is -2.49. The van der Waals surface area contributed by atoms with E-state index < -0.39 is 23.8 Å². The highest BCUT2D eigenvalue weighted by Crippen LogP contribution is 2.21. The number of nitrogens with zero attached hydrogens (tertiary/aromatic N) is 1. The molecule has 25 heavy (non-hydrogen) atoms. The third kappa shape index (κ3) is 5.63. The number of ether oxygens (including phenoxy) is 2. The molecule has 2 atom stereocenters. The van der Waals surface area contributed by atoms with Crippen molar-refractivity contribution in [3.63, 3.8) is 0 Å². The SMILES string of the molecule is CC(C)(C)OC(=O)N1CC[C@@H](NC(=O)OCc2ccccc2)[C@H]1CO. The van der Waals surface area contributed by atoms with Crippen molar-refractivity contribution in [2.75, 3.05) is 13.2 Å². The Morgan fingerprint density at radius 2 is 1.96 bits per heavy atom. The Balaban J connectivity index is 1.87. The van der Waals surface area contributed by atoms with Gasteiger partial charge in [0.15, 0.2) is 0 Å². The molecule has 0 saturated carbocycles. The number of likely N-dealkylation sites (tertiary alicyclic amines) is 1. The van der Waals surface area contributed by atoms with E-state index in [1.807, 2.05) is 30.3 Å². The molecule has 1 fully saturated rings. The molecule has 1 aliphatic heterocycles. The number of carbonyl (C=O) groups excluding carboxylic acids is 2. The van der Waals surface area contributed by atoms with Crippen LogP contribution in [0.2, 0.25) is 0 Å². The van der Waals surface area contributed by atoms with Gasteiger partial charge >= 0.3 is 12.2 Å². The van der Waals surface area contributed by atoms with Gasteiger partial charge in [-0.3, -0.25) is 0 Å². The third-order valence-electron chi connectivity index (χ3n) is 3.88. The number of aliphatic hydroxyl groups is 1. The predicted molar refractivity (Wildman–Crippen MR) is 92.0 cm³/mol. The summed E-state index contributed by atoms with van der Waals surface area (Å²) in [6.45, 7) is 5.66. The maximum atomic E-state index is 12.2. The number of amides is 2. The maximum Gasteiger partial charge on any atom is 0.410 e. The molecule has 0 aromatic heterocycles. The highest BCUT2D eigenvalue weighted by molar-refractivity contribution is 5.71. The maximum absolute atomic E-state index is 12.2. The fourth-order valence-corrected chi connectivity index (χ4v) is 2.71.